The van der Waals surface area contributed by atoms with E-state index in [0.29, 0.717) is 12.5 Å². The molecule has 3 N–H and O–H groups in total. The lowest BCUT2D eigenvalue weighted by Gasteiger charge is -2.24. The fourth-order valence-corrected chi connectivity index (χ4v) is 3.14. The van der Waals surface area contributed by atoms with E-state index in [2.05, 4.69) is 9.97 Å². The molecule has 168 valence electrons. The third-order valence-electron chi connectivity index (χ3n) is 4.66. The Morgan fingerprint density at radius 2 is 1.84 bits per heavy atom. The molecule has 0 unspecified atom stereocenters. The summed E-state index contributed by atoms with van der Waals surface area (Å²) in [5.41, 5.74) is 3.69. The second-order valence-electron chi connectivity index (χ2n) is 6.95. The molecule has 1 amide bonds. The summed E-state index contributed by atoms with van der Waals surface area (Å²) in [6.45, 7) is 1.83. The van der Waals surface area contributed by atoms with Crippen LogP contribution in [0.2, 0.25) is 0 Å². The summed E-state index contributed by atoms with van der Waals surface area (Å²) < 4.78 is 39.5. The van der Waals surface area contributed by atoms with Gasteiger partial charge in [0.15, 0.2) is 5.69 Å². The van der Waals surface area contributed by atoms with Gasteiger partial charge < -0.3 is 10.6 Å². The Bertz CT molecular complexity index is 1220. The monoisotopic (exact) mass is 447 g/mol. The summed E-state index contributed by atoms with van der Waals surface area (Å²) >= 11 is 0. The molecule has 0 aliphatic rings. The Morgan fingerprint density at radius 3 is 2.41 bits per heavy atom. The van der Waals surface area contributed by atoms with Crippen molar-refractivity contribution in [3.63, 3.8) is 0 Å². The van der Waals surface area contributed by atoms with Crippen molar-refractivity contribution in [2.45, 2.75) is 26.1 Å². The minimum atomic E-state index is -4.65. The number of nitrogens with zero attached hydrogens (tertiary/aromatic N) is 3. The van der Waals surface area contributed by atoms with Gasteiger partial charge in [0, 0.05) is 12.7 Å². The number of nitrogens with one attached hydrogen (secondary N) is 1. The van der Waals surface area contributed by atoms with Crippen LogP contribution in [0.5, 0.6) is 0 Å². The molecule has 8 nitrogen and oxygen atoms in total. The number of carbonyl (C=O) groups excluding carboxylic acids is 1. The number of H-pyrrole nitrogens is 1. The molecule has 3 rings (SSSR count). The first-order chi connectivity index (χ1) is 15.1. The van der Waals surface area contributed by atoms with Crippen molar-refractivity contribution in [1.29, 1.82) is 0 Å². The van der Waals surface area contributed by atoms with E-state index in [-0.39, 0.29) is 30.2 Å². The van der Waals surface area contributed by atoms with E-state index >= 15 is 0 Å². The molecule has 0 aliphatic carbocycles. The highest BCUT2D eigenvalue weighted by atomic mass is 19.4. The van der Waals surface area contributed by atoms with Crippen LogP contribution in [0.4, 0.5) is 24.7 Å². The van der Waals surface area contributed by atoms with Crippen molar-refractivity contribution in [2.75, 3.05) is 17.2 Å². The summed E-state index contributed by atoms with van der Waals surface area (Å²) in [7, 11) is 0. The highest BCUT2D eigenvalue weighted by Gasteiger charge is 2.33. The molecule has 0 fully saturated rings. The molecule has 0 radical (unpaired) electrons. The Labute approximate surface area is 180 Å². The molecule has 0 saturated carbocycles. The van der Waals surface area contributed by atoms with Crippen LogP contribution >= 0.6 is 0 Å². The zero-order valence-corrected chi connectivity index (χ0v) is 17.0. The maximum absolute atomic E-state index is 13.1. The van der Waals surface area contributed by atoms with Gasteiger partial charge in [-0.2, -0.15) is 13.2 Å². The van der Waals surface area contributed by atoms with Crippen LogP contribution in [-0.4, -0.2) is 27.0 Å². The molecule has 3 aromatic rings. The van der Waals surface area contributed by atoms with Gasteiger partial charge in [-0.05, 0) is 24.1 Å². The predicted octanol–water partition coefficient (Wildman–Crippen LogP) is 2.64. The lowest BCUT2D eigenvalue weighted by molar-refractivity contribution is -0.141. The van der Waals surface area contributed by atoms with Gasteiger partial charge in [-0.1, -0.05) is 37.3 Å². The van der Waals surface area contributed by atoms with Crippen LogP contribution in [0, 0.1) is 0 Å². The predicted molar refractivity (Wildman–Crippen MR) is 112 cm³/mol. The quantitative estimate of drug-likeness (QED) is 0.603. The fraction of sp³-hybridized carbons (Fsp3) is 0.238. The van der Waals surface area contributed by atoms with Gasteiger partial charge in [0.2, 0.25) is 0 Å². The third-order valence-corrected chi connectivity index (χ3v) is 4.66. The number of anilines is 2. The normalized spacial score (nSPS) is 11.4. The number of rotatable bonds is 6. The van der Waals surface area contributed by atoms with Crippen LogP contribution in [0.3, 0.4) is 0 Å². The minimum absolute atomic E-state index is 0.0384. The average molecular weight is 447 g/mol. The van der Waals surface area contributed by atoms with E-state index in [1.165, 1.54) is 0 Å². The van der Waals surface area contributed by atoms with Gasteiger partial charge in [-0.15, -0.1) is 0 Å². The van der Waals surface area contributed by atoms with Crippen LogP contribution in [0.1, 0.15) is 35.0 Å². The van der Waals surface area contributed by atoms with E-state index in [1.807, 2.05) is 0 Å². The highest BCUT2D eigenvalue weighted by molar-refractivity contribution is 6.07. The molecule has 0 atom stereocenters. The van der Waals surface area contributed by atoms with Gasteiger partial charge in [-0.3, -0.25) is 24.1 Å². The number of halogens is 3. The molecule has 0 spiro atoms. The lowest BCUT2D eigenvalue weighted by Crippen LogP contribution is -2.41. The van der Waals surface area contributed by atoms with Crippen LogP contribution in [0.25, 0.3) is 0 Å². The number of nitrogens with two attached hydrogens (primary N) is 1. The van der Waals surface area contributed by atoms with E-state index in [1.54, 1.807) is 37.3 Å². The molecule has 0 aliphatic heterocycles. The summed E-state index contributed by atoms with van der Waals surface area (Å²) in [5, 5.41) is 0. The van der Waals surface area contributed by atoms with Crippen molar-refractivity contribution in [3.8, 4) is 0 Å². The van der Waals surface area contributed by atoms with E-state index in [0.717, 1.165) is 27.3 Å². The van der Waals surface area contributed by atoms with Gasteiger partial charge in [0.05, 0.1) is 12.1 Å². The second-order valence-corrected chi connectivity index (χ2v) is 6.95. The average Bonchev–Trinajstić information content (AvgIpc) is 2.75. The van der Waals surface area contributed by atoms with Gasteiger partial charge in [-0.25, -0.2) is 4.79 Å². The van der Waals surface area contributed by atoms with Crippen molar-refractivity contribution in [1.82, 2.24) is 14.5 Å². The van der Waals surface area contributed by atoms with E-state index < -0.39 is 29.0 Å². The van der Waals surface area contributed by atoms with Gasteiger partial charge >= 0.3 is 11.9 Å². The number of carbonyl (C=O) groups is 1. The Balaban J connectivity index is 2.05. The number of hydrogen-bond acceptors (Lipinski definition) is 5. The summed E-state index contributed by atoms with van der Waals surface area (Å²) in [4.78, 5) is 44.5. The summed E-state index contributed by atoms with van der Waals surface area (Å²) in [6, 6.07) is 10.5. The molecule has 1 aromatic carbocycles. The zero-order valence-electron chi connectivity index (χ0n) is 17.0. The molecular weight excluding hydrogens is 427 g/mol. The Hall–Kier alpha value is -3.89. The summed E-state index contributed by atoms with van der Waals surface area (Å²) in [5.74, 6) is -1.00. The van der Waals surface area contributed by atoms with Gasteiger partial charge in [0.1, 0.15) is 11.5 Å². The SMILES string of the molecule is CCCN(C(=O)c1ccc(C(F)(F)F)nc1)c1c(N)n(Cc2ccccc2)c(=O)[nH]c1=O. The van der Waals surface area contributed by atoms with Crippen LogP contribution in [-0.2, 0) is 12.7 Å². The zero-order chi connectivity index (χ0) is 23.5. The van der Waals surface area contributed by atoms with Crippen molar-refractivity contribution in [2.24, 2.45) is 0 Å². The molecule has 2 heterocycles. The maximum Gasteiger partial charge on any atom is 0.433 e. The number of amides is 1. The topological polar surface area (TPSA) is 114 Å². The molecule has 11 heteroatoms. The van der Waals surface area contributed by atoms with Crippen LogP contribution < -0.4 is 21.9 Å². The van der Waals surface area contributed by atoms with Crippen molar-refractivity contribution < 1.29 is 18.0 Å². The van der Waals surface area contributed by atoms with Crippen LogP contribution in [0.15, 0.2) is 58.3 Å². The molecule has 0 saturated heterocycles. The fourth-order valence-electron chi connectivity index (χ4n) is 3.14. The lowest BCUT2D eigenvalue weighted by atomic mass is 10.2. The van der Waals surface area contributed by atoms with E-state index in [4.69, 9.17) is 5.73 Å². The number of benzene rings is 1. The summed E-state index contributed by atoms with van der Waals surface area (Å²) in [6.07, 6.45) is -3.45. The van der Waals surface area contributed by atoms with Crippen molar-refractivity contribution >= 4 is 17.4 Å². The number of aromatic amines is 1. The standard InChI is InChI=1S/C21H20F3N5O3/c1-2-10-28(19(31)14-8-9-15(26-11-14)21(22,23)24)16-17(25)29(20(32)27-18(16)30)12-13-6-4-3-5-7-13/h3-9,11H,2,10,12,25H2,1H3,(H,27,30,32). The first-order valence-corrected chi connectivity index (χ1v) is 9.65. The number of pyridine rings is 1. The number of aromatic nitrogens is 3. The minimum Gasteiger partial charge on any atom is -0.383 e. The second kappa shape index (κ2) is 9.08. The van der Waals surface area contributed by atoms with E-state index in [9.17, 15) is 27.6 Å². The first-order valence-electron chi connectivity index (χ1n) is 9.65. The smallest absolute Gasteiger partial charge is 0.383 e. The first kappa shape index (κ1) is 22.8. The molecule has 32 heavy (non-hydrogen) atoms. The molecular formula is C21H20F3N5O3. The van der Waals surface area contributed by atoms with Gasteiger partial charge in [0.25, 0.3) is 11.5 Å². The number of hydrogen-bond donors (Lipinski definition) is 2. The maximum atomic E-state index is 13.1. The number of nitrogen functional groups attached to an aromatic ring is 1. The molecule has 2 aromatic heterocycles. The van der Waals surface area contributed by atoms with Crippen molar-refractivity contribution in [3.05, 3.63) is 86.3 Å². The third kappa shape index (κ3) is 4.71. The highest BCUT2D eigenvalue weighted by Crippen LogP contribution is 2.28. The number of alkyl halides is 3. The largest absolute Gasteiger partial charge is 0.433 e. The Kier molecular flexibility index (Phi) is 6.47. The molecule has 0 bridgehead atoms. The Morgan fingerprint density at radius 1 is 1.16 bits per heavy atom.